The van der Waals surface area contributed by atoms with Crippen molar-refractivity contribution >= 4 is 24.7 Å². The summed E-state index contributed by atoms with van der Waals surface area (Å²) in [4.78, 5) is 12.3. The smallest absolute Gasteiger partial charge is 0.313 e. The Morgan fingerprint density at radius 3 is 1.58 bits per heavy atom. The summed E-state index contributed by atoms with van der Waals surface area (Å²) in [5.41, 5.74) is -0.208. The first-order valence-corrected chi connectivity index (χ1v) is 12.7. The highest BCUT2D eigenvalue weighted by molar-refractivity contribution is 6.99. The molecule has 0 aliphatic heterocycles. The van der Waals surface area contributed by atoms with Crippen molar-refractivity contribution in [3.8, 4) is 0 Å². The van der Waals surface area contributed by atoms with Gasteiger partial charge >= 0.3 is 5.97 Å². The van der Waals surface area contributed by atoms with E-state index in [1.54, 1.807) is 6.92 Å². The van der Waals surface area contributed by atoms with Gasteiger partial charge in [0.2, 0.25) is 0 Å². The average molecular weight is 433 g/mol. The van der Waals surface area contributed by atoms with Crippen LogP contribution in [0.25, 0.3) is 0 Å². The lowest BCUT2D eigenvalue weighted by molar-refractivity contribution is -0.143. The number of carboxylic acid groups (broad SMARTS) is 1. The van der Waals surface area contributed by atoms with Crippen LogP contribution in [0.1, 0.15) is 39.7 Å². The van der Waals surface area contributed by atoms with Crippen molar-refractivity contribution in [1.29, 1.82) is 0 Å². The van der Waals surface area contributed by atoms with Gasteiger partial charge in [-0.3, -0.25) is 4.79 Å². The lowest BCUT2D eigenvalue weighted by Gasteiger charge is -2.43. The fourth-order valence-electron chi connectivity index (χ4n) is 4.35. The van der Waals surface area contributed by atoms with Gasteiger partial charge in [-0.15, -0.1) is 0 Å². The summed E-state index contributed by atoms with van der Waals surface area (Å²) in [7, 11) is -2.68. The van der Waals surface area contributed by atoms with Gasteiger partial charge in [0.05, 0.1) is 5.41 Å². The van der Waals surface area contributed by atoms with E-state index < -0.39 is 19.7 Å². The predicted octanol–water partition coefficient (Wildman–Crippen LogP) is 5.00. The zero-order valence-electron chi connectivity index (χ0n) is 18.8. The van der Waals surface area contributed by atoms with E-state index in [-0.39, 0.29) is 5.04 Å². The Morgan fingerprint density at radius 2 is 1.19 bits per heavy atom. The van der Waals surface area contributed by atoms with Crippen LogP contribution in [0.15, 0.2) is 91.0 Å². The van der Waals surface area contributed by atoms with Gasteiger partial charge in [-0.25, -0.2) is 0 Å². The average Bonchev–Trinajstić information content (AvgIpc) is 2.77. The maximum atomic E-state index is 12.3. The van der Waals surface area contributed by atoms with Crippen LogP contribution >= 0.6 is 0 Å². The zero-order chi connectivity index (χ0) is 22.5. The standard InChI is InChI=1S/C27H32O3Si/c1-26(2,3)31(23-16-10-6-11-17-23,24-18-12-7-13-19-24)30-21-20-27(4,25(28)29)22-14-8-5-9-15-22/h5-19H,20-21H2,1-4H3,(H,28,29). The lowest BCUT2D eigenvalue weighted by atomic mass is 9.80. The highest BCUT2D eigenvalue weighted by Gasteiger charge is 2.50. The van der Waals surface area contributed by atoms with Crippen LogP contribution in [0.5, 0.6) is 0 Å². The second-order valence-corrected chi connectivity index (χ2v) is 13.6. The summed E-state index contributed by atoms with van der Waals surface area (Å²) in [6, 6.07) is 30.3. The van der Waals surface area contributed by atoms with Gasteiger partial charge < -0.3 is 9.53 Å². The SMILES string of the molecule is CC(CCO[Si](c1ccccc1)(c1ccccc1)C(C)(C)C)(C(=O)O)c1ccccc1. The second-order valence-electron chi connectivity index (χ2n) is 9.26. The Labute approximate surface area is 186 Å². The van der Waals surface area contributed by atoms with E-state index in [1.165, 1.54) is 10.4 Å². The first-order chi connectivity index (χ1) is 14.7. The Balaban J connectivity index is 2.01. The van der Waals surface area contributed by atoms with E-state index >= 15 is 0 Å². The van der Waals surface area contributed by atoms with Crippen molar-refractivity contribution in [2.45, 2.75) is 44.6 Å². The number of carbonyl (C=O) groups is 1. The lowest BCUT2D eigenvalue weighted by Crippen LogP contribution is -2.66. The number of benzene rings is 3. The predicted molar refractivity (Wildman–Crippen MR) is 130 cm³/mol. The molecule has 0 aliphatic rings. The summed E-state index contributed by atoms with van der Waals surface area (Å²) in [5.74, 6) is -0.829. The molecule has 0 amide bonds. The van der Waals surface area contributed by atoms with Gasteiger partial charge in [-0.05, 0) is 34.3 Å². The van der Waals surface area contributed by atoms with Crippen molar-refractivity contribution < 1.29 is 14.3 Å². The summed E-state index contributed by atoms with van der Waals surface area (Å²) >= 11 is 0. The summed E-state index contributed by atoms with van der Waals surface area (Å²) < 4.78 is 6.91. The first kappa shape index (κ1) is 23.0. The molecule has 1 N–H and O–H groups in total. The molecule has 0 aliphatic carbocycles. The van der Waals surface area contributed by atoms with Crippen molar-refractivity contribution in [3.05, 3.63) is 96.6 Å². The molecule has 3 nitrogen and oxygen atoms in total. The van der Waals surface area contributed by atoms with Crippen LogP contribution in [0.3, 0.4) is 0 Å². The number of hydrogen-bond acceptors (Lipinski definition) is 2. The van der Waals surface area contributed by atoms with Crippen molar-refractivity contribution in [3.63, 3.8) is 0 Å². The summed E-state index contributed by atoms with van der Waals surface area (Å²) in [5, 5.41) is 12.3. The zero-order valence-corrected chi connectivity index (χ0v) is 19.8. The molecule has 0 spiro atoms. The van der Waals surface area contributed by atoms with Gasteiger partial charge in [0.25, 0.3) is 8.32 Å². The Morgan fingerprint density at radius 1 is 0.774 bits per heavy atom. The van der Waals surface area contributed by atoms with Crippen molar-refractivity contribution in [1.82, 2.24) is 0 Å². The van der Waals surface area contributed by atoms with E-state index in [0.717, 1.165) is 5.56 Å². The van der Waals surface area contributed by atoms with Crippen LogP contribution in [-0.4, -0.2) is 26.0 Å². The maximum absolute atomic E-state index is 12.3. The van der Waals surface area contributed by atoms with Crippen LogP contribution in [0.2, 0.25) is 5.04 Å². The van der Waals surface area contributed by atoms with Gasteiger partial charge in [-0.1, -0.05) is 112 Å². The largest absolute Gasteiger partial charge is 0.481 e. The molecule has 1 atom stereocenters. The first-order valence-electron chi connectivity index (χ1n) is 10.8. The Bertz CT molecular complexity index is 942. The van der Waals surface area contributed by atoms with Gasteiger partial charge in [-0.2, -0.15) is 0 Å². The van der Waals surface area contributed by atoms with Crippen LogP contribution in [0.4, 0.5) is 0 Å². The number of hydrogen-bond donors (Lipinski definition) is 1. The minimum atomic E-state index is -2.68. The second kappa shape index (κ2) is 9.21. The van der Waals surface area contributed by atoms with Crippen molar-refractivity contribution in [2.24, 2.45) is 0 Å². The Hall–Kier alpha value is -2.69. The molecule has 31 heavy (non-hydrogen) atoms. The van der Waals surface area contributed by atoms with Crippen LogP contribution < -0.4 is 10.4 Å². The summed E-state index contributed by atoms with van der Waals surface area (Å²) in [6.07, 6.45) is 0.400. The molecule has 0 heterocycles. The molecule has 0 radical (unpaired) electrons. The van der Waals surface area contributed by atoms with E-state index in [2.05, 4.69) is 69.3 Å². The highest BCUT2D eigenvalue weighted by Crippen LogP contribution is 2.37. The van der Waals surface area contributed by atoms with Gasteiger partial charge in [0.1, 0.15) is 0 Å². The van der Waals surface area contributed by atoms with E-state index in [4.69, 9.17) is 4.43 Å². The van der Waals surface area contributed by atoms with E-state index in [9.17, 15) is 9.90 Å². The fraction of sp³-hybridized carbons (Fsp3) is 0.296. The van der Waals surface area contributed by atoms with E-state index in [1.807, 2.05) is 42.5 Å². The molecule has 0 bridgehead atoms. The quantitative estimate of drug-likeness (QED) is 0.510. The minimum Gasteiger partial charge on any atom is -0.481 e. The fourth-order valence-corrected chi connectivity index (χ4v) is 8.91. The van der Waals surface area contributed by atoms with Gasteiger partial charge in [0, 0.05) is 6.61 Å². The van der Waals surface area contributed by atoms with Crippen LogP contribution in [0, 0.1) is 0 Å². The third-order valence-corrected chi connectivity index (χ3v) is 11.3. The molecule has 1 unspecified atom stereocenters. The molecule has 162 valence electrons. The number of aliphatic carboxylic acids is 1. The topological polar surface area (TPSA) is 46.5 Å². The normalized spacial score (nSPS) is 14.1. The highest BCUT2D eigenvalue weighted by atomic mass is 28.4. The molecule has 0 saturated heterocycles. The molecule has 3 aromatic carbocycles. The number of carboxylic acids is 1. The third-order valence-electron chi connectivity index (χ3n) is 6.22. The Kier molecular flexibility index (Phi) is 6.82. The molecule has 3 aromatic rings. The van der Waals surface area contributed by atoms with Gasteiger partial charge in [0.15, 0.2) is 0 Å². The van der Waals surface area contributed by atoms with E-state index in [0.29, 0.717) is 13.0 Å². The molecule has 0 aromatic heterocycles. The molecule has 0 saturated carbocycles. The summed E-state index contributed by atoms with van der Waals surface area (Å²) in [6.45, 7) is 8.84. The molecule has 0 fully saturated rings. The molecule has 4 heteroatoms. The van der Waals surface area contributed by atoms with Crippen LogP contribution in [-0.2, 0) is 14.6 Å². The molecular formula is C27H32O3Si. The number of rotatable bonds is 8. The van der Waals surface area contributed by atoms with Crippen molar-refractivity contribution in [2.75, 3.05) is 6.61 Å². The monoisotopic (exact) mass is 432 g/mol. The minimum absolute atomic E-state index is 0.137. The maximum Gasteiger partial charge on any atom is 0.313 e. The molecule has 3 rings (SSSR count). The third kappa shape index (κ3) is 4.50. The molecular weight excluding hydrogens is 400 g/mol.